The maximum atomic E-state index is 12.6. The number of anilines is 1. The van der Waals surface area contributed by atoms with Crippen LogP contribution in [0.2, 0.25) is 0 Å². The third-order valence-electron chi connectivity index (χ3n) is 5.50. The Kier molecular flexibility index (Phi) is 5.00. The van der Waals surface area contributed by atoms with E-state index in [2.05, 4.69) is 15.2 Å². The van der Waals surface area contributed by atoms with Gasteiger partial charge in [0.05, 0.1) is 5.56 Å². The Morgan fingerprint density at radius 3 is 2.43 bits per heavy atom. The summed E-state index contributed by atoms with van der Waals surface area (Å²) in [7, 11) is 0. The molecule has 1 aliphatic carbocycles. The molecule has 2 aromatic rings. The summed E-state index contributed by atoms with van der Waals surface area (Å²) >= 11 is 0. The van der Waals surface area contributed by atoms with E-state index in [1.807, 2.05) is 12.1 Å². The van der Waals surface area contributed by atoms with Gasteiger partial charge in [-0.3, -0.25) is 4.79 Å². The van der Waals surface area contributed by atoms with Crippen LogP contribution < -0.4 is 10.2 Å². The number of amides is 1. The lowest BCUT2D eigenvalue weighted by molar-refractivity contribution is -0.137. The third-order valence-corrected chi connectivity index (χ3v) is 5.50. The van der Waals surface area contributed by atoms with E-state index in [1.54, 1.807) is 6.20 Å². The predicted molar refractivity (Wildman–Crippen MR) is 99.8 cm³/mol. The maximum Gasteiger partial charge on any atom is 0.416 e. The minimum Gasteiger partial charge on any atom is -0.357 e. The molecular weight excluding hydrogens is 367 g/mol. The van der Waals surface area contributed by atoms with Crippen molar-refractivity contribution in [3.05, 3.63) is 59.3 Å². The molecule has 7 heteroatoms. The quantitative estimate of drug-likeness (QED) is 0.837. The number of carbonyl (C=O) groups is 1. The Balaban J connectivity index is 1.28. The lowest BCUT2D eigenvalue weighted by Crippen LogP contribution is -2.25. The fourth-order valence-corrected chi connectivity index (χ4v) is 3.75. The highest BCUT2D eigenvalue weighted by molar-refractivity contribution is 5.82. The zero-order valence-corrected chi connectivity index (χ0v) is 15.4. The zero-order valence-electron chi connectivity index (χ0n) is 15.4. The van der Waals surface area contributed by atoms with Gasteiger partial charge in [0.25, 0.3) is 0 Å². The van der Waals surface area contributed by atoms with Crippen LogP contribution in [0.5, 0.6) is 0 Å². The van der Waals surface area contributed by atoms with Gasteiger partial charge in [-0.05, 0) is 54.5 Å². The first kappa shape index (κ1) is 18.8. The SMILES string of the molecule is O=C(NCc1ccc(N2CCCC2)nc1)C1CC1c1ccc(C(F)(F)F)cc1. The first-order valence-electron chi connectivity index (χ1n) is 9.56. The van der Waals surface area contributed by atoms with Gasteiger partial charge < -0.3 is 10.2 Å². The Hall–Kier alpha value is -2.57. The van der Waals surface area contributed by atoms with E-state index in [-0.39, 0.29) is 17.7 Å². The van der Waals surface area contributed by atoms with E-state index in [9.17, 15) is 18.0 Å². The van der Waals surface area contributed by atoms with Gasteiger partial charge in [-0.1, -0.05) is 18.2 Å². The number of rotatable bonds is 5. The van der Waals surface area contributed by atoms with E-state index in [1.165, 1.54) is 25.0 Å². The lowest BCUT2D eigenvalue weighted by atomic mass is 10.1. The summed E-state index contributed by atoms with van der Waals surface area (Å²) in [4.78, 5) is 19.1. The minimum absolute atomic E-state index is 0.00190. The van der Waals surface area contributed by atoms with Crippen LogP contribution >= 0.6 is 0 Å². The number of halogens is 3. The molecule has 1 saturated heterocycles. The number of nitrogens with zero attached hydrogens (tertiary/aromatic N) is 2. The molecule has 2 fully saturated rings. The molecule has 1 saturated carbocycles. The number of alkyl halides is 3. The highest BCUT2D eigenvalue weighted by Crippen LogP contribution is 2.48. The number of hydrogen-bond acceptors (Lipinski definition) is 3. The Morgan fingerprint density at radius 1 is 1.11 bits per heavy atom. The van der Waals surface area contributed by atoms with Gasteiger partial charge in [0.1, 0.15) is 5.82 Å². The molecule has 0 radical (unpaired) electrons. The average molecular weight is 389 g/mol. The minimum atomic E-state index is -4.34. The highest BCUT2D eigenvalue weighted by Gasteiger charge is 2.44. The van der Waals surface area contributed by atoms with Crippen LogP contribution in [0.3, 0.4) is 0 Å². The van der Waals surface area contributed by atoms with Crippen LogP contribution in [0, 0.1) is 5.92 Å². The highest BCUT2D eigenvalue weighted by atomic mass is 19.4. The summed E-state index contributed by atoms with van der Waals surface area (Å²) in [5.41, 5.74) is 1.05. The molecule has 0 spiro atoms. The van der Waals surface area contributed by atoms with Gasteiger partial charge in [-0.2, -0.15) is 13.2 Å². The first-order valence-corrected chi connectivity index (χ1v) is 9.56. The van der Waals surface area contributed by atoms with E-state index in [0.29, 0.717) is 13.0 Å². The Morgan fingerprint density at radius 2 is 1.82 bits per heavy atom. The molecule has 0 bridgehead atoms. The van der Waals surface area contributed by atoms with Crippen molar-refractivity contribution in [3.8, 4) is 0 Å². The first-order chi connectivity index (χ1) is 13.4. The molecule has 2 unspecified atom stereocenters. The van der Waals surface area contributed by atoms with Crippen molar-refractivity contribution in [1.82, 2.24) is 10.3 Å². The topological polar surface area (TPSA) is 45.2 Å². The van der Waals surface area contributed by atoms with Crippen molar-refractivity contribution in [1.29, 1.82) is 0 Å². The van der Waals surface area contributed by atoms with E-state index in [0.717, 1.165) is 42.2 Å². The lowest BCUT2D eigenvalue weighted by Gasteiger charge is -2.16. The van der Waals surface area contributed by atoms with E-state index >= 15 is 0 Å². The third kappa shape index (κ3) is 4.13. The Labute approximate surface area is 161 Å². The van der Waals surface area contributed by atoms with Gasteiger partial charge in [0.15, 0.2) is 0 Å². The summed E-state index contributed by atoms with van der Waals surface area (Å²) < 4.78 is 37.9. The summed E-state index contributed by atoms with van der Waals surface area (Å²) in [5.74, 6) is 0.733. The smallest absolute Gasteiger partial charge is 0.357 e. The van der Waals surface area contributed by atoms with Crippen LogP contribution in [-0.4, -0.2) is 24.0 Å². The molecular formula is C21H22F3N3O. The summed E-state index contributed by atoms with van der Waals surface area (Å²) in [6, 6.07) is 9.06. The number of carbonyl (C=O) groups excluding carboxylic acids is 1. The van der Waals surface area contributed by atoms with E-state index < -0.39 is 11.7 Å². The largest absolute Gasteiger partial charge is 0.416 e. The van der Waals surface area contributed by atoms with Crippen molar-refractivity contribution in [2.75, 3.05) is 18.0 Å². The van der Waals surface area contributed by atoms with Crippen molar-refractivity contribution in [2.45, 2.75) is 37.9 Å². The van der Waals surface area contributed by atoms with Crippen molar-refractivity contribution >= 4 is 11.7 Å². The van der Waals surface area contributed by atoms with Gasteiger partial charge in [0, 0.05) is 31.7 Å². The number of nitrogens with one attached hydrogen (secondary N) is 1. The van der Waals surface area contributed by atoms with Crippen LogP contribution in [0.25, 0.3) is 0 Å². The van der Waals surface area contributed by atoms with Crippen LogP contribution in [0.4, 0.5) is 19.0 Å². The van der Waals surface area contributed by atoms with Gasteiger partial charge in [-0.15, -0.1) is 0 Å². The molecule has 1 amide bonds. The maximum absolute atomic E-state index is 12.6. The second-order valence-electron chi connectivity index (χ2n) is 7.51. The second kappa shape index (κ2) is 7.45. The van der Waals surface area contributed by atoms with Gasteiger partial charge in [-0.25, -0.2) is 4.98 Å². The van der Waals surface area contributed by atoms with Crippen molar-refractivity contribution in [3.63, 3.8) is 0 Å². The summed E-state index contributed by atoms with van der Waals surface area (Å²) in [6.07, 6.45) is 0.511. The molecule has 2 aliphatic rings. The normalized spacial score (nSPS) is 21.6. The standard InChI is InChI=1S/C21H22F3N3O/c22-21(23,24)16-6-4-15(5-7-16)17-11-18(17)20(28)26-13-14-3-8-19(25-12-14)27-9-1-2-10-27/h3-8,12,17-18H,1-2,9-11,13H2,(H,26,28). The monoisotopic (exact) mass is 389 g/mol. The average Bonchev–Trinajstić information content (AvgIpc) is 3.31. The molecule has 4 rings (SSSR count). The second-order valence-corrected chi connectivity index (χ2v) is 7.51. The zero-order chi connectivity index (χ0) is 19.7. The van der Waals surface area contributed by atoms with Gasteiger partial charge >= 0.3 is 6.18 Å². The van der Waals surface area contributed by atoms with Crippen LogP contribution in [-0.2, 0) is 17.5 Å². The number of benzene rings is 1. The Bertz CT molecular complexity index is 827. The van der Waals surface area contributed by atoms with Crippen molar-refractivity contribution < 1.29 is 18.0 Å². The molecule has 2 heterocycles. The van der Waals surface area contributed by atoms with Gasteiger partial charge in [0.2, 0.25) is 5.91 Å². The number of aromatic nitrogens is 1. The molecule has 2 atom stereocenters. The summed E-state index contributed by atoms with van der Waals surface area (Å²) in [6.45, 7) is 2.48. The number of pyridine rings is 1. The number of hydrogen-bond donors (Lipinski definition) is 1. The van der Waals surface area contributed by atoms with E-state index in [4.69, 9.17) is 0 Å². The molecule has 148 valence electrons. The molecule has 1 aliphatic heterocycles. The molecule has 4 nitrogen and oxygen atoms in total. The van der Waals surface area contributed by atoms with Crippen LogP contribution in [0.15, 0.2) is 42.6 Å². The fourth-order valence-electron chi connectivity index (χ4n) is 3.75. The molecule has 1 N–H and O–H groups in total. The molecule has 1 aromatic carbocycles. The van der Waals surface area contributed by atoms with Crippen LogP contribution in [0.1, 0.15) is 41.9 Å². The van der Waals surface area contributed by atoms with Crippen molar-refractivity contribution in [2.24, 2.45) is 5.92 Å². The fraction of sp³-hybridized carbons (Fsp3) is 0.429. The molecule has 1 aromatic heterocycles. The predicted octanol–water partition coefficient (Wildman–Crippen LogP) is 4.12. The summed E-state index contributed by atoms with van der Waals surface area (Å²) in [5, 5.41) is 2.91. The molecule has 28 heavy (non-hydrogen) atoms.